The lowest BCUT2D eigenvalue weighted by molar-refractivity contribution is 0.235. The van der Waals surface area contributed by atoms with Crippen molar-refractivity contribution in [3.05, 3.63) is 46.5 Å². The summed E-state index contributed by atoms with van der Waals surface area (Å²) in [7, 11) is 2.15. The predicted octanol–water partition coefficient (Wildman–Crippen LogP) is 2.80. The lowest BCUT2D eigenvalue weighted by Crippen LogP contribution is -2.30. The van der Waals surface area contributed by atoms with Gasteiger partial charge in [0.15, 0.2) is 0 Å². The molecule has 118 valence electrons. The quantitative estimate of drug-likeness (QED) is 0.850. The molecule has 0 amide bonds. The van der Waals surface area contributed by atoms with Crippen LogP contribution in [0, 0.1) is 0 Å². The third-order valence-electron chi connectivity index (χ3n) is 4.42. The summed E-state index contributed by atoms with van der Waals surface area (Å²) in [6, 6.07) is 7.93. The van der Waals surface area contributed by atoms with Crippen molar-refractivity contribution in [3.63, 3.8) is 0 Å². The number of pyridine rings is 1. The molecule has 1 aliphatic carbocycles. The topological polar surface area (TPSA) is 37.6 Å². The van der Waals surface area contributed by atoms with Crippen molar-refractivity contribution < 1.29 is 0 Å². The van der Waals surface area contributed by atoms with Gasteiger partial charge in [0.05, 0.1) is 5.69 Å². The molecule has 4 nitrogen and oxygen atoms in total. The Labute approximate surface area is 135 Å². The molecule has 2 aromatic rings. The normalized spacial score (nSPS) is 21.8. The monoisotopic (exact) mass is 317 g/mol. The molecule has 0 aliphatic heterocycles. The van der Waals surface area contributed by atoms with E-state index in [4.69, 9.17) is 0 Å². The van der Waals surface area contributed by atoms with Gasteiger partial charge >= 0.3 is 0 Å². The summed E-state index contributed by atoms with van der Waals surface area (Å²) in [6.45, 7) is 2.98. The van der Waals surface area contributed by atoms with Crippen molar-refractivity contribution in [2.24, 2.45) is 0 Å². The lowest BCUT2D eigenvalue weighted by atomic mass is 10.2. The third-order valence-corrected chi connectivity index (χ3v) is 5.65. The summed E-state index contributed by atoms with van der Waals surface area (Å²) < 4.78 is 1.59. The first-order valence-electron chi connectivity index (χ1n) is 7.96. The molecule has 5 heteroatoms. The first-order chi connectivity index (χ1) is 10.7. The highest BCUT2D eigenvalue weighted by molar-refractivity contribution is 7.99. The molecule has 1 fully saturated rings. The summed E-state index contributed by atoms with van der Waals surface area (Å²) in [5.41, 5.74) is 1.59. The van der Waals surface area contributed by atoms with E-state index < -0.39 is 0 Å². The zero-order valence-electron chi connectivity index (χ0n) is 13.2. The van der Waals surface area contributed by atoms with Crippen LogP contribution in [0.1, 0.15) is 31.9 Å². The summed E-state index contributed by atoms with van der Waals surface area (Å²) >= 11 is 2.08. The summed E-state index contributed by atoms with van der Waals surface area (Å²) in [5, 5.41) is 0.799. The van der Waals surface area contributed by atoms with E-state index in [-0.39, 0.29) is 5.56 Å². The Morgan fingerprint density at radius 2 is 2.27 bits per heavy atom. The highest BCUT2D eigenvalue weighted by Crippen LogP contribution is 2.32. The fourth-order valence-electron chi connectivity index (χ4n) is 3.27. The molecule has 0 aromatic carbocycles. The maximum absolute atomic E-state index is 12.1. The van der Waals surface area contributed by atoms with Crippen molar-refractivity contribution in [1.82, 2.24) is 14.3 Å². The van der Waals surface area contributed by atoms with Gasteiger partial charge in [0, 0.05) is 30.1 Å². The van der Waals surface area contributed by atoms with Crippen molar-refractivity contribution >= 4 is 17.4 Å². The van der Waals surface area contributed by atoms with Crippen LogP contribution >= 0.6 is 11.8 Å². The Morgan fingerprint density at radius 1 is 1.41 bits per heavy atom. The molecule has 2 heterocycles. The molecule has 0 unspecified atom stereocenters. The van der Waals surface area contributed by atoms with Gasteiger partial charge in [-0.25, -0.2) is 4.98 Å². The van der Waals surface area contributed by atoms with E-state index in [1.54, 1.807) is 16.7 Å². The molecule has 2 aromatic heterocycles. The van der Waals surface area contributed by atoms with Crippen molar-refractivity contribution in [2.75, 3.05) is 12.8 Å². The molecule has 22 heavy (non-hydrogen) atoms. The van der Waals surface area contributed by atoms with Gasteiger partial charge < -0.3 is 0 Å². The maximum Gasteiger partial charge on any atom is 0.258 e. The fraction of sp³-hybridized carbons (Fsp3) is 0.529. The minimum Gasteiger partial charge on any atom is -0.298 e. The van der Waals surface area contributed by atoms with Crippen molar-refractivity contribution in [1.29, 1.82) is 0 Å². The molecule has 0 spiro atoms. The molecule has 3 rings (SSSR count). The van der Waals surface area contributed by atoms with Crippen LogP contribution in [0.3, 0.4) is 0 Å². The first-order valence-corrected chi connectivity index (χ1v) is 9.01. The molecule has 0 bridgehead atoms. The number of nitrogens with zero attached hydrogens (tertiary/aromatic N) is 3. The number of hydrogen-bond acceptors (Lipinski definition) is 4. The van der Waals surface area contributed by atoms with E-state index in [0.29, 0.717) is 6.04 Å². The summed E-state index contributed by atoms with van der Waals surface area (Å²) in [4.78, 5) is 19.1. The van der Waals surface area contributed by atoms with Gasteiger partial charge in [-0.2, -0.15) is 11.8 Å². The molecular weight excluding hydrogens is 294 g/mol. The summed E-state index contributed by atoms with van der Waals surface area (Å²) in [6.07, 6.45) is 5.57. The first kappa shape index (κ1) is 15.6. The maximum atomic E-state index is 12.1. The number of fused-ring (bicyclic) bond motifs is 1. The van der Waals surface area contributed by atoms with Crippen LogP contribution in [-0.2, 0) is 6.54 Å². The van der Waals surface area contributed by atoms with E-state index in [0.717, 1.165) is 23.1 Å². The Balaban J connectivity index is 1.72. The molecule has 1 aliphatic rings. The van der Waals surface area contributed by atoms with Crippen molar-refractivity contribution in [2.45, 2.75) is 44.0 Å². The molecule has 0 N–H and O–H groups in total. The fourth-order valence-corrected chi connectivity index (χ4v) is 4.41. The SMILES string of the molecule is CCS[C@@H]1CC[C@H](N(C)Cc2cc(=O)n3ccccc3n2)C1. The Hall–Kier alpha value is -1.33. The van der Waals surface area contributed by atoms with Gasteiger partial charge in [-0.1, -0.05) is 13.0 Å². The molecule has 2 atom stereocenters. The molecular formula is C17H23N3OS. The average Bonchev–Trinajstić information content (AvgIpc) is 2.96. The standard InChI is InChI=1S/C17H23N3OS/c1-3-22-15-8-7-14(11-15)19(2)12-13-10-17(21)20-9-5-4-6-16(20)18-13/h4-6,9-10,14-15H,3,7-8,11-12H2,1-2H3/t14-,15+/m0/s1. The second-order valence-corrected chi connectivity index (χ2v) is 7.55. The smallest absolute Gasteiger partial charge is 0.258 e. The predicted molar refractivity (Wildman–Crippen MR) is 92.5 cm³/mol. The molecule has 1 saturated carbocycles. The van der Waals surface area contributed by atoms with E-state index in [1.165, 1.54) is 25.0 Å². The molecule has 0 saturated heterocycles. The number of hydrogen-bond donors (Lipinski definition) is 0. The number of thioether (sulfide) groups is 1. The number of rotatable bonds is 5. The van der Waals surface area contributed by atoms with Gasteiger partial charge in [-0.15, -0.1) is 0 Å². The Morgan fingerprint density at radius 3 is 3.09 bits per heavy atom. The second-order valence-electron chi connectivity index (χ2n) is 5.97. The van der Waals surface area contributed by atoms with Gasteiger partial charge in [-0.3, -0.25) is 14.1 Å². The number of aromatic nitrogens is 2. The summed E-state index contributed by atoms with van der Waals surface area (Å²) in [5.74, 6) is 1.20. The molecule has 0 radical (unpaired) electrons. The van der Waals surface area contributed by atoms with Crippen molar-refractivity contribution in [3.8, 4) is 0 Å². The van der Waals surface area contributed by atoms with E-state index >= 15 is 0 Å². The van der Waals surface area contributed by atoms with Crippen LogP contribution in [0.5, 0.6) is 0 Å². The van der Waals surface area contributed by atoms with E-state index in [1.807, 2.05) is 18.2 Å². The largest absolute Gasteiger partial charge is 0.298 e. The third kappa shape index (κ3) is 3.36. The van der Waals surface area contributed by atoms with Gasteiger partial charge in [0.2, 0.25) is 0 Å². The van der Waals surface area contributed by atoms with Gasteiger partial charge in [-0.05, 0) is 44.2 Å². The van der Waals surface area contributed by atoms with Gasteiger partial charge in [0.1, 0.15) is 5.65 Å². The van der Waals surface area contributed by atoms with E-state index in [9.17, 15) is 4.79 Å². The minimum absolute atomic E-state index is 0.000151. The van der Waals surface area contributed by atoms with Crippen LogP contribution < -0.4 is 5.56 Å². The van der Waals surface area contributed by atoms with Gasteiger partial charge in [0.25, 0.3) is 5.56 Å². The highest BCUT2D eigenvalue weighted by Gasteiger charge is 2.27. The second kappa shape index (κ2) is 6.84. The Kier molecular flexibility index (Phi) is 4.84. The van der Waals surface area contributed by atoms with Crippen LogP contribution in [-0.4, -0.2) is 38.4 Å². The lowest BCUT2D eigenvalue weighted by Gasteiger charge is -2.24. The van der Waals surface area contributed by atoms with Crippen LogP contribution in [0.15, 0.2) is 35.3 Å². The zero-order valence-corrected chi connectivity index (χ0v) is 14.1. The van der Waals surface area contributed by atoms with Crippen LogP contribution in [0.4, 0.5) is 0 Å². The minimum atomic E-state index is -0.000151. The zero-order chi connectivity index (χ0) is 15.5. The van der Waals surface area contributed by atoms with Crippen LogP contribution in [0.25, 0.3) is 5.65 Å². The van der Waals surface area contributed by atoms with Crippen LogP contribution in [0.2, 0.25) is 0 Å². The van der Waals surface area contributed by atoms with E-state index in [2.05, 4.69) is 35.6 Å². The Bertz CT molecular complexity index is 700. The average molecular weight is 317 g/mol. The highest BCUT2D eigenvalue weighted by atomic mass is 32.2.